The van der Waals surface area contributed by atoms with Crippen molar-refractivity contribution in [2.75, 3.05) is 27.2 Å². The van der Waals surface area contributed by atoms with Gasteiger partial charge in [0, 0.05) is 20.6 Å². The maximum Gasteiger partial charge on any atom is 0.243 e. The second-order valence-corrected chi connectivity index (χ2v) is 5.36. The number of amides is 1. The molecule has 0 radical (unpaired) electrons. The van der Waals surface area contributed by atoms with Gasteiger partial charge in [0.15, 0.2) is 5.96 Å². The van der Waals surface area contributed by atoms with E-state index in [4.69, 9.17) is 0 Å². The van der Waals surface area contributed by atoms with Crippen molar-refractivity contribution >= 4 is 11.9 Å². The van der Waals surface area contributed by atoms with Crippen molar-refractivity contribution in [2.24, 2.45) is 4.99 Å². The quantitative estimate of drug-likeness (QED) is 0.644. The summed E-state index contributed by atoms with van der Waals surface area (Å²) >= 11 is 0. The molecule has 1 amide bonds. The minimum Gasteiger partial charge on any atom is -0.357 e. The maximum atomic E-state index is 13.6. The first kappa shape index (κ1) is 17.9. The van der Waals surface area contributed by atoms with E-state index in [1.165, 1.54) is 11.0 Å². The third-order valence-corrected chi connectivity index (χ3v) is 3.26. The fraction of sp³-hybridized carbons (Fsp3) is 0.500. The minimum absolute atomic E-state index is 0.0668. The van der Waals surface area contributed by atoms with Crippen molar-refractivity contribution in [2.45, 2.75) is 26.8 Å². The molecule has 0 aromatic heterocycles. The maximum absolute atomic E-state index is 13.6. The molecular formula is C16H25FN4O. The van der Waals surface area contributed by atoms with Gasteiger partial charge in [-0.3, -0.25) is 4.79 Å². The Hall–Kier alpha value is -2.11. The predicted molar refractivity (Wildman–Crippen MR) is 87.4 cm³/mol. The van der Waals surface area contributed by atoms with Gasteiger partial charge in [0.05, 0.1) is 6.04 Å². The van der Waals surface area contributed by atoms with Crippen molar-refractivity contribution in [3.8, 4) is 0 Å². The van der Waals surface area contributed by atoms with Crippen LogP contribution in [0.4, 0.5) is 4.39 Å². The fourth-order valence-electron chi connectivity index (χ4n) is 1.77. The number of halogens is 1. The zero-order chi connectivity index (χ0) is 16.7. The van der Waals surface area contributed by atoms with Crippen LogP contribution in [0.15, 0.2) is 23.2 Å². The van der Waals surface area contributed by atoms with Crippen molar-refractivity contribution in [3.63, 3.8) is 0 Å². The molecule has 1 aromatic rings. The Bertz CT molecular complexity index is 543. The first-order valence-corrected chi connectivity index (χ1v) is 7.36. The van der Waals surface area contributed by atoms with E-state index in [1.54, 1.807) is 27.1 Å². The molecule has 1 unspecified atom stereocenters. The molecule has 1 atom stereocenters. The van der Waals surface area contributed by atoms with Gasteiger partial charge in [-0.05, 0) is 38.0 Å². The Morgan fingerprint density at radius 2 is 2.09 bits per heavy atom. The zero-order valence-electron chi connectivity index (χ0n) is 13.9. The molecule has 0 spiro atoms. The van der Waals surface area contributed by atoms with Crippen molar-refractivity contribution in [1.82, 2.24) is 15.5 Å². The molecule has 2 N–H and O–H groups in total. The molecule has 0 aliphatic carbocycles. The van der Waals surface area contributed by atoms with E-state index in [0.29, 0.717) is 18.1 Å². The number of nitrogens with zero attached hydrogens (tertiary/aromatic N) is 2. The summed E-state index contributed by atoms with van der Waals surface area (Å²) in [6, 6.07) is 5.02. The Morgan fingerprint density at radius 3 is 2.64 bits per heavy atom. The number of carbonyl (C=O) groups excluding carboxylic acids is 1. The molecule has 0 heterocycles. The lowest BCUT2D eigenvalue weighted by molar-refractivity contribution is -0.127. The predicted octanol–water partition coefficient (Wildman–Crippen LogP) is 1.84. The van der Waals surface area contributed by atoms with Crippen LogP contribution in [0, 0.1) is 12.7 Å². The Kier molecular flexibility index (Phi) is 6.82. The SMILES string of the molecule is CCNC(=NCC(=O)N(C)C)NC(C)c1ccc(C)c(F)c1. The van der Waals surface area contributed by atoms with Gasteiger partial charge in [-0.15, -0.1) is 0 Å². The average Bonchev–Trinajstić information content (AvgIpc) is 2.47. The molecule has 0 saturated heterocycles. The van der Waals surface area contributed by atoms with Crippen LogP contribution in [0.1, 0.15) is 31.0 Å². The van der Waals surface area contributed by atoms with Crippen LogP contribution >= 0.6 is 0 Å². The van der Waals surface area contributed by atoms with Gasteiger partial charge >= 0.3 is 0 Å². The number of benzene rings is 1. The summed E-state index contributed by atoms with van der Waals surface area (Å²) in [5.74, 6) is 0.230. The van der Waals surface area contributed by atoms with Gasteiger partial charge in [-0.2, -0.15) is 0 Å². The largest absolute Gasteiger partial charge is 0.357 e. The zero-order valence-corrected chi connectivity index (χ0v) is 13.9. The normalized spacial score (nSPS) is 12.7. The number of nitrogens with one attached hydrogen (secondary N) is 2. The molecule has 1 rings (SSSR count). The highest BCUT2D eigenvalue weighted by Crippen LogP contribution is 2.16. The number of likely N-dealkylation sites (N-methyl/N-ethyl adjacent to an activating group) is 1. The van der Waals surface area contributed by atoms with E-state index in [0.717, 1.165) is 5.56 Å². The van der Waals surface area contributed by atoms with Crippen LogP contribution in [0.25, 0.3) is 0 Å². The van der Waals surface area contributed by atoms with E-state index < -0.39 is 0 Å². The lowest BCUT2D eigenvalue weighted by Gasteiger charge is -2.19. The lowest BCUT2D eigenvalue weighted by atomic mass is 10.1. The van der Waals surface area contributed by atoms with E-state index in [-0.39, 0.29) is 24.3 Å². The monoisotopic (exact) mass is 308 g/mol. The molecule has 6 heteroatoms. The Balaban J connectivity index is 2.78. The second-order valence-electron chi connectivity index (χ2n) is 5.36. The number of carbonyl (C=O) groups is 1. The first-order chi connectivity index (χ1) is 10.3. The molecular weight excluding hydrogens is 283 g/mol. The molecule has 0 aliphatic rings. The summed E-state index contributed by atoms with van der Waals surface area (Å²) in [7, 11) is 3.38. The van der Waals surface area contributed by atoms with E-state index in [1.807, 2.05) is 19.9 Å². The van der Waals surface area contributed by atoms with E-state index >= 15 is 0 Å². The highest BCUT2D eigenvalue weighted by atomic mass is 19.1. The summed E-state index contributed by atoms with van der Waals surface area (Å²) in [5, 5.41) is 6.25. The number of aryl methyl sites for hydroxylation is 1. The third kappa shape index (κ3) is 5.35. The van der Waals surface area contributed by atoms with Gasteiger partial charge in [0.1, 0.15) is 12.4 Å². The van der Waals surface area contributed by atoms with Gasteiger partial charge in [0.2, 0.25) is 5.91 Å². The summed E-state index contributed by atoms with van der Waals surface area (Å²) in [4.78, 5) is 17.3. The molecule has 0 aliphatic heterocycles. The van der Waals surface area contributed by atoms with Crippen LogP contribution in [-0.2, 0) is 4.79 Å². The minimum atomic E-state index is -0.226. The lowest BCUT2D eigenvalue weighted by Crippen LogP contribution is -2.39. The van der Waals surface area contributed by atoms with Crippen LogP contribution in [-0.4, -0.2) is 44.0 Å². The summed E-state index contributed by atoms with van der Waals surface area (Å²) in [6.45, 7) is 6.34. The van der Waals surface area contributed by atoms with Crippen molar-refractivity contribution in [1.29, 1.82) is 0 Å². The standard InChI is InChI=1S/C16H25FN4O/c1-6-18-16(19-10-15(22)21(4)5)20-12(3)13-8-7-11(2)14(17)9-13/h7-9,12H,6,10H2,1-5H3,(H2,18,19,20). The van der Waals surface area contributed by atoms with Gasteiger partial charge in [0.25, 0.3) is 0 Å². The number of aliphatic imine (C=N–C) groups is 1. The van der Waals surface area contributed by atoms with Crippen LogP contribution in [0.2, 0.25) is 0 Å². The van der Waals surface area contributed by atoms with Gasteiger partial charge in [-0.1, -0.05) is 12.1 Å². The smallest absolute Gasteiger partial charge is 0.243 e. The van der Waals surface area contributed by atoms with Crippen molar-refractivity contribution in [3.05, 3.63) is 35.1 Å². The van der Waals surface area contributed by atoms with Crippen LogP contribution < -0.4 is 10.6 Å². The summed E-state index contributed by atoms with van der Waals surface area (Å²) in [5.41, 5.74) is 1.45. The summed E-state index contributed by atoms with van der Waals surface area (Å²) < 4.78 is 13.6. The van der Waals surface area contributed by atoms with E-state index in [9.17, 15) is 9.18 Å². The molecule has 22 heavy (non-hydrogen) atoms. The van der Waals surface area contributed by atoms with Gasteiger partial charge in [-0.25, -0.2) is 9.38 Å². The molecule has 5 nitrogen and oxygen atoms in total. The Labute approximate surface area is 131 Å². The average molecular weight is 308 g/mol. The fourth-order valence-corrected chi connectivity index (χ4v) is 1.77. The molecule has 0 fully saturated rings. The van der Waals surface area contributed by atoms with Gasteiger partial charge < -0.3 is 15.5 Å². The van der Waals surface area contributed by atoms with Crippen LogP contribution in [0.5, 0.6) is 0 Å². The molecule has 122 valence electrons. The second kappa shape index (κ2) is 8.36. The van der Waals surface area contributed by atoms with E-state index in [2.05, 4.69) is 15.6 Å². The topological polar surface area (TPSA) is 56.7 Å². The Morgan fingerprint density at radius 1 is 1.41 bits per heavy atom. The number of rotatable bonds is 5. The highest BCUT2D eigenvalue weighted by Gasteiger charge is 2.10. The molecule has 0 saturated carbocycles. The number of hydrogen-bond acceptors (Lipinski definition) is 2. The molecule has 1 aromatic carbocycles. The highest BCUT2D eigenvalue weighted by molar-refractivity contribution is 5.84. The van der Waals surface area contributed by atoms with Crippen molar-refractivity contribution < 1.29 is 9.18 Å². The van der Waals surface area contributed by atoms with Crippen LogP contribution in [0.3, 0.4) is 0 Å². The first-order valence-electron chi connectivity index (χ1n) is 7.36. The molecule has 0 bridgehead atoms. The number of guanidine groups is 1. The third-order valence-electron chi connectivity index (χ3n) is 3.26. The number of hydrogen-bond donors (Lipinski definition) is 2. The summed E-state index contributed by atoms with van der Waals surface area (Å²) in [6.07, 6.45) is 0.